The molecule has 0 rings (SSSR count). The Bertz CT molecular complexity index is 155. The van der Waals surface area contributed by atoms with Crippen LogP contribution in [-0.4, -0.2) is 26.3 Å². The van der Waals surface area contributed by atoms with Crippen LogP contribution in [0.25, 0.3) is 0 Å². The molecule has 15 heavy (non-hydrogen) atoms. The third-order valence-corrected chi connectivity index (χ3v) is 3.07. The molecule has 0 saturated heterocycles. The molecule has 0 saturated carbocycles. The topological polar surface area (TPSA) is 21.3 Å². The summed E-state index contributed by atoms with van der Waals surface area (Å²) in [5.74, 6) is 0.716. The molecule has 2 nitrogen and oxygen atoms in total. The number of methoxy groups -OCH3 is 1. The van der Waals surface area contributed by atoms with Gasteiger partial charge in [0.15, 0.2) is 0 Å². The molecule has 0 aliphatic carbocycles. The van der Waals surface area contributed by atoms with E-state index in [1.807, 2.05) is 0 Å². The Kier molecular flexibility index (Phi) is 7.20. The van der Waals surface area contributed by atoms with E-state index < -0.39 is 0 Å². The van der Waals surface area contributed by atoms with Crippen LogP contribution in [0.4, 0.5) is 0 Å². The number of rotatable bonds is 8. The number of nitrogens with one attached hydrogen (secondary N) is 1. The molecule has 0 radical (unpaired) electrons. The highest BCUT2D eigenvalue weighted by Crippen LogP contribution is 2.19. The van der Waals surface area contributed by atoms with Gasteiger partial charge in [-0.25, -0.2) is 0 Å². The molecule has 0 aliphatic rings. The second-order valence-corrected chi connectivity index (χ2v) is 5.55. The van der Waals surface area contributed by atoms with Gasteiger partial charge in [-0.15, -0.1) is 0 Å². The van der Waals surface area contributed by atoms with Crippen LogP contribution in [0.2, 0.25) is 0 Å². The van der Waals surface area contributed by atoms with Crippen molar-refractivity contribution in [2.24, 2.45) is 11.3 Å². The first-order valence-electron chi connectivity index (χ1n) is 6.15. The summed E-state index contributed by atoms with van der Waals surface area (Å²) in [5.41, 5.74) is 0.332. The van der Waals surface area contributed by atoms with Gasteiger partial charge in [0, 0.05) is 26.3 Å². The summed E-state index contributed by atoms with van der Waals surface area (Å²) in [4.78, 5) is 0. The van der Waals surface area contributed by atoms with Crippen LogP contribution < -0.4 is 5.32 Å². The molecule has 0 spiro atoms. The van der Waals surface area contributed by atoms with E-state index in [1.54, 1.807) is 7.11 Å². The highest BCUT2D eigenvalue weighted by Gasteiger charge is 2.19. The maximum atomic E-state index is 5.13. The Hall–Kier alpha value is -0.0800. The Morgan fingerprint density at radius 1 is 1.27 bits per heavy atom. The van der Waals surface area contributed by atoms with E-state index in [0.29, 0.717) is 17.4 Å². The van der Waals surface area contributed by atoms with Gasteiger partial charge in [0.25, 0.3) is 0 Å². The van der Waals surface area contributed by atoms with Gasteiger partial charge in [0.05, 0.1) is 0 Å². The minimum Gasteiger partial charge on any atom is -0.385 e. The molecule has 0 fully saturated rings. The van der Waals surface area contributed by atoms with Crippen LogP contribution in [0.3, 0.4) is 0 Å². The van der Waals surface area contributed by atoms with E-state index in [2.05, 4.69) is 39.9 Å². The highest BCUT2D eigenvalue weighted by molar-refractivity contribution is 4.76. The zero-order chi connectivity index (χ0) is 11.9. The lowest BCUT2D eigenvalue weighted by Gasteiger charge is -2.29. The molecular formula is C13H29NO. The van der Waals surface area contributed by atoms with Gasteiger partial charge in [-0.05, 0) is 24.2 Å². The lowest BCUT2D eigenvalue weighted by atomic mass is 9.88. The zero-order valence-electron chi connectivity index (χ0n) is 11.4. The third kappa shape index (κ3) is 6.91. The van der Waals surface area contributed by atoms with Gasteiger partial charge in [-0.3, -0.25) is 0 Å². The van der Waals surface area contributed by atoms with Crippen LogP contribution in [-0.2, 0) is 4.74 Å². The van der Waals surface area contributed by atoms with Crippen LogP contribution in [0, 0.1) is 11.3 Å². The van der Waals surface area contributed by atoms with Crippen molar-refractivity contribution in [2.45, 2.75) is 53.5 Å². The Labute approximate surface area is 95.8 Å². The second-order valence-electron chi connectivity index (χ2n) is 5.55. The van der Waals surface area contributed by atoms with Crippen molar-refractivity contribution >= 4 is 0 Å². The molecule has 1 unspecified atom stereocenters. The van der Waals surface area contributed by atoms with Gasteiger partial charge in [-0.2, -0.15) is 0 Å². The molecule has 0 aromatic carbocycles. The monoisotopic (exact) mass is 215 g/mol. The Balaban J connectivity index is 3.89. The van der Waals surface area contributed by atoms with E-state index in [1.165, 1.54) is 6.42 Å². The lowest BCUT2D eigenvalue weighted by Crippen LogP contribution is -2.40. The molecule has 1 atom stereocenters. The van der Waals surface area contributed by atoms with Crippen LogP contribution in [0.5, 0.6) is 0 Å². The summed E-state index contributed by atoms with van der Waals surface area (Å²) in [6.45, 7) is 13.3. The van der Waals surface area contributed by atoms with E-state index >= 15 is 0 Å². The number of hydrogen-bond donors (Lipinski definition) is 1. The molecule has 0 aliphatic heterocycles. The van der Waals surface area contributed by atoms with Gasteiger partial charge < -0.3 is 10.1 Å². The predicted molar refractivity (Wildman–Crippen MR) is 67.2 cm³/mol. The highest BCUT2D eigenvalue weighted by atomic mass is 16.5. The average molecular weight is 215 g/mol. The maximum absolute atomic E-state index is 5.13. The summed E-state index contributed by atoms with van der Waals surface area (Å²) < 4.78 is 5.13. The smallest absolute Gasteiger partial charge is 0.0467 e. The fraction of sp³-hybridized carbons (Fsp3) is 1.00. The minimum absolute atomic E-state index is 0.332. The van der Waals surface area contributed by atoms with E-state index in [-0.39, 0.29) is 0 Å². The van der Waals surface area contributed by atoms with E-state index in [9.17, 15) is 0 Å². The second kappa shape index (κ2) is 7.24. The first-order chi connectivity index (χ1) is 6.93. The van der Waals surface area contributed by atoms with E-state index in [4.69, 9.17) is 4.74 Å². The quantitative estimate of drug-likeness (QED) is 0.672. The molecule has 2 heteroatoms. The normalized spacial score (nSPS) is 14.6. The average Bonchev–Trinajstić information content (AvgIpc) is 2.15. The summed E-state index contributed by atoms with van der Waals surface area (Å²) in [6, 6.07) is 0.645. The predicted octanol–water partition coefficient (Wildman–Crippen LogP) is 3.07. The van der Waals surface area contributed by atoms with Gasteiger partial charge >= 0.3 is 0 Å². The largest absolute Gasteiger partial charge is 0.385 e. The number of hydrogen-bond acceptors (Lipinski definition) is 2. The maximum Gasteiger partial charge on any atom is 0.0467 e. The van der Waals surface area contributed by atoms with E-state index in [0.717, 1.165) is 19.6 Å². The standard InChI is InChI=1S/C13H29NO/c1-7-12(11(2)3)14-10-13(4,5)8-9-15-6/h11-12,14H,7-10H2,1-6H3. The van der Waals surface area contributed by atoms with Crippen molar-refractivity contribution in [3.05, 3.63) is 0 Å². The van der Waals surface area contributed by atoms with Crippen molar-refractivity contribution < 1.29 is 4.74 Å². The Morgan fingerprint density at radius 2 is 1.87 bits per heavy atom. The molecule has 92 valence electrons. The molecule has 0 aromatic heterocycles. The fourth-order valence-electron chi connectivity index (χ4n) is 1.73. The summed E-state index contributed by atoms with van der Waals surface area (Å²) in [6.07, 6.45) is 2.32. The number of ether oxygens (including phenoxy) is 1. The van der Waals surface area contributed by atoms with Crippen LogP contribution >= 0.6 is 0 Å². The first-order valence-corrected chi connectivity index (χ1v) is 6.15. The van der Waals surface area contributed by atoms with Crippen LogP contribution in [0.15, 0.2) is 0 Å². The van der Waals surface area contributed by atoms with Gasteiger partial charge in [-0.1, -0.05) is 34.6 Å². The van der Waals surface area contributed by atoms with Gasteiger partial charge in [0.2, 0.25) is 0 Å². The lowest BCUT2D eigenvalue weighted by molar-refractivity contribution is 0.147. The molecule has 1 N–H and O–H groups in total. The van der Waals surface area contributed by atoms with Crippen molar-refractivity contribution in [3.8, 4) is 0 Å². The molecule has 0 amide bonds. The SMILES string of the molecule is CCC(NCC(C)(C)CCOC)C(C)C. The van der Waals surface area contributed by atoms with Crippen molar-refractivity contribution in [2.75, 3.05) is 20.3 Å². The molecule has 0 aromatic rings. The zero-order valence-corrected chi connectivity index (χ0v) is 11.4. The van der Waals surface area contributed by atoms with Crippen molar-refractivity contribution in [1.82, 2.24) is 5.32 Å². The van der Waals surface area contributed by atoms with Crippen molar-refractivity contribution in [1.29, 1.82) is 0 Å². The van der Waals surface area contributed by atoms with Gasteiger partial charge in [0.1, 0.15) is 0 Å². The fourth-order valence-corrected chi connectivity index (χ4v) is 1.73. The summed E-state index contributed by atoms with van der Waals surface area (Å²) in [7, 11) is 1.77. The molecule has 0 heterocycles. The summed E-state index contributed by atoms with van der Waals surface area (Å²) in [5, 5.41) is 3.66. The van der Waals surface area contributed by atoms with Crippen molar-refractivity contribution in [3.63, 3.8) is 0 Å². The molecule has 0 bridgehead atoms. The summed E-state index contributed by atoms with van der Waals surface area (Å²) >= 11 is 0. The molecular weight excluding hydrogens is 186 g/mol. The minimum atomic E-state index is 0.332. The third-order valence-electron chi connectivity index (χ3n) is 3.07. The first kappa shape index (κ1) is 14.9. The van der Waals surface area contributed by atoms with Crippen LogP contribution in [0.1, 0.15) is 47.5 Å². The Morgan fingerprint density at radius 3 is 2.27 bits per heavy atom.